The first-order valence-corrected chi connectivity index (χ1v) is 8.86. The molecule has 3 N–H and O–H groups in total. The summed E-state index contributed by atoms with van der Waals surface area (Å²) in [5, 5.41) is 17.9. The number of aliphatic hydroxyl groups is 1. The predicted octanol–water partition coefficient (Wildman–Crippen LogP) is 1.70. The van der Waals surface area contributed by atoms with Gasteiger partial charge in [-0.15, -0.1) is 11.3 Å². The molecule has 24 heavy (non-hydrogen) atoms. The number of aryl methyl sites for hydroxylation is 1. The van der Waals surface area contributed by atoms with Gasteiger partial charge in [0.25, 0.3) is 0 Å². The summed E-state index contributed by atoms with van der Waals surface area (Å²) in [6.45, 7) is 0.348. The third-order valence-electron chi connectivity index (χ3n) is 4.28. The van der Waals surface area contributed by atoms with Gasteiger partial charge in [0, 0.05) is 11.4 Å². The van der Waals surface area contributed by atoms with Gasteiger partial charge >= 0.3 is 11.8 Å². The lowest BCUT2D eigenvalue weighted by Gasteiger charge is -2.32. The van der Waals surface area contributed by atoms with E-state index in [0.29, 0.717) is 13.0 Å². The zero-order valence-corrected chi connectivity index (χ0v) is 14.1. The van der Waals surface area contributed by atoms with Gasteiger partial charge in [-0.05, 0) is 41.8 Å². The van der Waals surface area contributed by atoms with E-state index in [-0.39, 0.29) is 6.54 Å². The van der Waals surface area contributed by atoms with Gasteiger partial charge < -0.3 is 15.7 Å². The van der Waals surface area contributed by atoms with Crippen LogP contribution >= 0.6 is 11.3 Å². The Morgan fingerprint density at radius 2 is 1.88 bits per heavy atom. The van der Waals surface area contributed by atoms with Gasteiger partial charge in [0.2, 0.25) is 0 Å². The van der Waals surface area contributed by atoms with Crippen LogP contribution in [-0.4, -0.2) is 23.5 Å². The van der Waals surface area contributed by atoms with E-state index in [0.717, 1.165) is 28.8 Å². The van der Waals surface area contributed by atoms with Gasteiger partial charge in [-0.3, -0.25) is 9.59 Å². The average molecular weight is 344 g/mol. The fourth-order valence-corrected chi connectivity index (χ4v) is 3.99. The molecule has 1 aliphatic rings. The van der Waals surface area contributed by atoms with Crippen molar-refractivity contribution in [2.75, 3.05) is 6.54 Å². The summed E-state index contributed by atoms with van der Waals surface area (Å²) in [4.78, 5) is 25.0. The minimum absolute atomic E-state index is 0.0499. The van der Waals surface area contributed by atoms with Crippen molar-refractivity contribution in [1.29, 1.82) is 0 Å². The zero-order chi connectivity index (χ0) is 17.0. The second-order valence-electron chi connectivity index (χ2n) is 5.99. The molecule has 1 atom stereocenters. The fourth-order valence-electron chi connectivity index (χ4n) is 2.97. The second kappa shape index (κ2) is 7.15. The van der Waals surface area contributed by atoms with E-state index in [2.05, 4.69) is 10.6 Å². The molecule has 0 fully saturated rings. The van der Waals surface area contributed by atoms with Gasteiger partial charge in [0.15, 0.2) is 0 Å². The highest BCUT2D eigenvalue weighted by Crippen LogP contribution is 2.37. The molecule has 1 unspecified atom stereocenters. The molecule has 2 aromatic rings. The molecule has 0 bridgehead atoms. The third-order valence-corrected chi connectivity index (χ3v) is 5.27. The van der Waals surface area contributed by atoms with Crippen LogP contribution in [0.1, 0.15) is 28.8 Å². The maximum atomic E-state index is 12.0. The Balaban J connectivity index is 1.53. The summed E-state index contributed by atoms with van der Waals surface area (Å²) in [5.41, 5.74) is 0.722. The Bertz CT molecular complexity index is 729. The van der Waals surface area contributed by atoms with Gasteiger partial charge in [-0.1, -0.05) is 30.3 Å². The number of hydrogen-bond donors (Lipinski definition) is 3. The smallest absolute Gasteiger partial charge is 0.309 e. The molecule has 6 heteroatoms. The van der Waals surface area contributed by atoms with Crippen LogP contribution in [0.15, 0.2) is 41.8 Å². The molecule has 0 aliphatic heterocycles. The van der Waals surface area contributed by atoms with Crippen molar-refractivity contribution in [1.82, 2.24) is 10.6 Å². The van der Waals surface area contributed by atoms with Gasteiger partial charge in [-0.25, -0.2) is 0 Å². The zero-order valence-electron chi connectivity index (χ0n) is 13.2. The number of amides is 2. The molecule has 1 heterocycles. The van der Waals surface area contributed by atoms with E-state index >= 15 is 0 Å². The summed E-state index contributed by atoms with van der Waals surface area (Å²) in [6.07, 6.45) is 2.42. The number of carbonyl (C=O) groups excluding carboxylic acids is 2. The van der Waals surface area contributed by atoms with Crippen LogP contribution in [0.5, 0.6) is 0 Å². The van der Waals surface area contributed by atoms with E-state index in [9.17, 15) is 14.7 Å². The normalized spacial score (nSPS) is 19.4. The van der Waals surface area contributed by atoms with Crippen LogP contribution in [0.4, 0.5) is 0 Å². The number of rotatable bonds is 4. The monoisotopic (exact) mass is 344 g/mol. The number of nitrogens with one attached hydrogen (secondary N) is 2. The standard InChI is InChI=1S/C18H20N2O3S/c21-16(19-11-13-5-2-1-3-6-13)17(22)20-12-18(23)9-4-7-15-14(18)8-10-24-15/h1-3,5-6,8,10,23H,4,7,9,11-12H2,(H,19,21)(H,20,22). The minimum Gasteiger partial charge on any atom is -0.383 e. The maximum absolute atomic E-state index is 12.0. The molecule has 126 valence electrons. The number of thiophene rings is 1. The van der Waals surface area contributed by atoms with E-state index in [1.165, 1.54) is 0 Å². The van der Waals surface area contributed by atoms with Crippen LogP contribution in [0.25, 0.3) is 0 Å². The quantitative estimate of drug-likeness (QED) is 0.739. The first-order valence-electron chi connectivity index (χ1n) is 7.98. The van der Waals surface area contributed by atoms with Gasteiger partial charge in [-0.2, -0.15) is 0 Å². The van der Waals surface area contributed by atoms with Crippen LogP contribution in [-0.2, 0) is 28.2 Å². The van der Waals surface area contributed by atoms with E-state index in [1.807, 2.05) is 41.8 Å². The molecule has 2 amide bonds. The Kier molecular flexibility index (Phi) is 4.97. The van der Waals surface area contributed by atoms with Crippen LogP contribution in [0.2, 0.25) is 0 Å². The Labute approximate surface area is 144 Å². The summed E-state index contributed by atoms with van der Waals surface area (Å²) >= 11 is 1.62. The molecule has 5 nitrogen and oxygen atoms in total. The van der Waals surface area contributed by atoms with Crippen molar-refractivity contribution in [3.8, 4) is 0 Å². The number of hydrogen-bond acceptors (Lipinski definition) is 4. The summed E-state index contributed by atoms with van der Waals surface area (Å²) in [6, 6.07) is 11.3. The Morgan fingerprint density at radius 3 is 2.67 bits per heavy atom. The van der Waals surface area contributed by atoms with Crippen LogP contribution < -0.4 is 10.6 Å². The minimum atomic E-state index is -1.08. The lowest BCUT2D eigenvalue weighted by molar-refractivity contribution is -0.140. The van der Waals surface area contributed by atoms with Crippen molar-refractivity contribution in [3.63, 3.8) is 0 Å². The Morgan fingerprint density at radius 1 is 1.12 bits per heavy atom. The summed E-state index contributed by atoms with van der Waals surface area (Å²) < 4.78 is 0. The van der Waals surface area contributed by atoms with Crippen molar-refractivity contribution < 1.29 is 14.7 Å². The third kappa shape index (κ3) is 3.66. The largest absolute Gasteiger partial charge is 0.383 e. The van der Waals surface area contributed by atoms with Crippen molar-refractivity contribution >= 4 is 23.2 Å². The molecule has 1 aliphatic carbocycles. The molecule has 0 radical (unpaired) electrons. The topological polar surface area (TPSA) is 78.4 Å². The number of fused-ring (bicyclic) bond motifs is 1. The first-order chi connectivity index (χ1) is 11.6. The van der Waals surface area contributed by atoms with Crippen molar-refractivity contribution in [2.45, 2.75) is 31.4 Å². The van der Waals surface area contributed by atoms with Crippen molar-refractivity contribution in [3.05, 3.63) is 57.8 Å². The first kappa shape index (κ1) is 16.7. The molecular weight excluding hydrogens is 324 g/mol. The molecule has 0 saturated heterocycles. The number of carbonyl (C=O) groups is 2. The molecule has 1 aromatic carbocycles. The average Bonchev–Trinajstić information content (AvgIpc) is 3.09. The number of benzene rings is 1. The molecule has 1 aromatic heterocycles. The molecule has 3 rings (SSSR count). The van der Waals surface area contributed by atoms with Crippen molar-refractivity contribution in [2.24, 2.45) is 0 Å². The molecule has 0 saturated carbocycles. The highest BCUT2D eigenvalue weighted by Gasteiger charge is 2.35. The molecule has 0 spiro atoms. The SMILES string of the molecule is O=C(NCc1ccccc1)C(=O)NCC1(O)CCCc2sccc21. The van der Waals surface area contributed by atoms with E-state index < -0.39 is 17.4 Å². The summed E-state index contributed by atoms with van der Waals surface area (Å²) in [7, 11) is 0. The molecular formula is C18H20N2O3S. The van der Waals surface area contributed by atoms with E-state index in [1.54, 1.807) is 11.3 Å². The maximum Gasteiger partial charge on any atom is 0.309 e. The lowest BCUT2D eigenvalue weighted by Crippen LogP contribution is -2.47. The Hall–Kier alpha value is -2.18. The van der Waals surface area contributed by atoms with Gasteiger partial charge in [0.1, 0.15) is 5.60 Å². The van der Waals surface area contributed by atoms with E-state index in [4.69, 9.17) is 0 Å². The highest BCUT2D eigenvalue weighted by molar-refractivity contribution is 7.10. The van der Waals surface area contributed by atoms with Crippen LogP contribution in [0, 0.1) is 0 Å². The lowest BCUT2D eigenvalue weighted by atomic mass is 9.83. The van der Waals surface area contributed by atoms with Crippen LogP contribution in [0.3, 0.4) is 0 Å². The highest BCUT2D eigenvalue weighted by atomic mass is 32.1. The fraction of sp³-hybridized carbons (Fsp3) is 0.333. The second-order valence-corrected chi connectivity index (χ2v) is 6.99. The predicted molar refractivity (Wildman–Crippen MR) is 92.5 cm³/mol. The summed E-state index contributed by atoms with van der Waals surface area (Å²) in [5.74, 6) is -1.41. The van der Waals surface area contributed by atoms with Gasteiger partial charge in [0.05, 0.1) is 6.54 Å².